The van der Waals surface area contributed by atoms with Gasteiger partial charge in [0.15, 0.2) is 0 Å². The first-order chi connectivity index (χ1) is 7.75. The highest BCUT2D eigenvalue weighted by Crippen LogP contribution is 2.37. The van der Waals surface area contributed by atoms with Gasteiger partial charge < -0.3 is 10.8 Å². The summed E-state index contributed by atoms with van der Waals surface area (Å²) in [6.07, 6.45) is 0.734. The second-order valence-electron chi connectivity index (χ2n) is 5.05. The lowest BCUT2D eigenvalue weighted by atomic mass is 10.0. The van der Waals surface area contributed by atoms with Crippen molar-refractivity contribution in [3.05, 3.63) is 35.9 Å². The maximum atomic E-state index is 9.97. The lowest BCUT2D eigenvalue weighted by Crippen LogP contribution is -2.51. The molecule has 4 atom stereocenters. The molecular weight excluding hydrogens is 200 g/mol. The molecule has 1 aromatic rings. The summed E-state index contributed by atoms with van der Waals surface area (Å²) in [7, 11) is 0. The van der Waals surface area contributed by atoms with E-state index in [2.05, 4.69) is 29.2 Å². The molecular formula is C13H18N2O. The number of likely N-dealkylation sites (tertiary alicyclic amines) is 1. The molecule has 0 unspecified atom stereocenters. The second-order valence-corrected chi connectivity index (χ2v) is 5.05. The van der Waals surface area contributed by atoms with Crippen LogP contribution in [0.4, 0.5) is 0 Å². The Morgan fingerprint density at radius 3 is 2.69 bits per heavy atom. The Bertz CT molecular complexity index is 365. The van der Waals surface area contributed by atoms with Gasteiger partial charge >= 0.3 is 0 Å². The van der Waals surface area contributed by atoms with Crippen LogP contribution in [0.1, 0.15) is 12.0 Å². The van der Waals surface area contributed by atoms with E-state index in [1.165, 1.54) is 5.56 Å². The molecule has 0 spiro atoms. The van der Waals surface area contributed by atoms with E-state index in [0.717, 1.165) is 19.5 Å². The molecule has 2 bridgehead atoms. The van der Waals surface area contributed by atoms with E-state index >= 15 is 0 Å². The summed E-state index contributed by atoms with van der Waals surface area (Å²) in [6.45, 7) is 1.98. The van der Waals surface area contributed by atoms with Gasteiger partial charge in [-0.2, -0.15) is 0 Å². The summed E-state index contributed by atoms with van der Waals surface area (Å²) in [4.78, 5) is 2.37. The van der Waals surface area contributed by atoms with Crippen molar-refractivity contribution in [1.82, 2.24) is 4.90 Å². The van der Waals surface area contributed by atoms with Crippen LogP contribution in [0.5, 0.6) is 0 Å². The first-order valence-electron chi connectivity index (χ1n) is 5.97. The van der Waals surface area contributed by atoms with Crippen LogP contribution in [-0.4, -0.2) is 34.7 Å². The molecule has 0 aromatic heterocycles. The summed E-state index contributed by atoms with van der Waals surface area (Å²) in [5.41, 5.74) is 7.26. The molecule has 16 heavy (non-hydrogen) atoms. The molecule has 1 saturated heterocycles. The number of hydrogen-bond acceptors (Lipinski definition) is 3. The van der Waals surface area contributed by atoms with Crippen molar-refractivity contribution < 1.29 is 5.11 Å². The maximum Gasteiger partial charge on any atom is 0.0849 e. The van der Waals surface area contributed by atoms with Crippen molar-refractivity contribution >= 4 is 0 Å². The molecule has 1 saturated carbocycles. The zero-order valence-electron chi connectivity index (χ0n) is 9.29. The third kappa shape index (κ3) is 1.56. The number of nitrogens with two attached hydrogens (primary N) is 1. The third-order valence-corrected chi connectivity index (χ3v) is 4.04. The van der Waals surface area contributed by atoms with Crippen molar-refractivity contribution in [2.45, 2.75) is 31.2 Å². The Hall–Kier alpha value is -0.900. The number of hydrogen-bond donors (Lipinski definition) is 2. The molecule has 2 aliphatic rings. The Kier molecular flexibility index (Phi) is 2.46. The number of nitrogens with zero attached hydrogens (tertiary/aromatic N) is 1. The summed E-state index contributed by atoms with van der Waals surface area (Å²) in [5.74, 6) is 0.490. The summed E-state index contributed by atoms with van der Waals surface area (Å²) in [5, 5.41) is 9.97. The van der Waals surface area contributed by atoms with E-state index in [0.29, 0.717) is 5.92 Å². The SMILES string of the molecule is N[C@H]1[C@H]2C[C@@H]([C@@H]1O)N(Cc1ccccc1)C2. The smallest absolute Gasteiger partial charge is 0.0849 e. The molecule has 0 amide bonds. The van der Waals surface area contributed by atoms with Gasteiger partial charge in [0.1, 0.15) is 0 Å². The minimum Gasteiger partial charge on any atom is -0.390 e. The van der Waals surface area contributed by atoms with Gasteiger partial charge in [0.2, 0.25) is 0 Å². The normalized spacial score (nSPS) is 38.1. The minimum atomic E-state index is -0.331. The zero-order chi connectivity index (χ0) is 11.1. The van der Waals surface area contributed by atoms with E-state index in [1.807, 2.05) is 6.07 Å². The third-order valence-electron chi connectivity index (χ3n) is 4.04. The lowest BCUT2D eigenvalue weighted by molar-refractivity contribution is 0.0382. The van der Waals surface area contributed by atoms with Crippen molar-refractivity contribution in [3.8, 4) is 0 Å². The molecule has 0 radical (unpaired) electrons. The molecule has 3 N–H and O–H groups in total. The van der Waals surface area contributed by atoms with Crippen LogP contribution >= 0.6 is 0 Å². The van der Waals surface area contributed by atoms with Crippen molar-refractivity contribution in [2.24, 2.45) is 11.7 Å². The van der Waals surface area contributed by atoms with E-state index < -0.39 is 0 Å². The summed E-state index contributed by atoms with van der Waals surface area (Å²) < 4.78 is 0. The number of fused-ring (bicyclic) bond motifs is 2. The van der Waals surface area contributed by atoms with E-state index in [9.17, 15) is 5.11 Å². The van der Waals surface area contributed by atoms with Crippen LogP contribution in [0.2, 0.25) is 0 Å². The topological polar surface area (TPSA) is 49.5 Å². The average molecular weight is 218 g/mol. The predicted octanol–water partition coefficient (Wildman–Crippen LogP) is 0.579. The molecule has 1 aliphatic heterocycles. The number of aliphatic hydroxyl groups is 1. The van der Waals surface area contributed by atoms with Crippen LogP contribution in [0.3, 0.4) is 0 Å². The highest BCUT2D eigenvalue weighted by atomic mass is 16.3. The van der Waals surface area contributed by atoms with Gasteiger partial charge in [-0.05, 0) is 17.9 Å². The summed E-state index contributed by atoms with van der Waals surface area (Å²) in [6, 6.07) is 10.7. The van der Waals surface area contributed by atoms with Crippen molar-refractivity contribution in [3.63, 3.8) is 0 Å². The van der Waals surface area contributed by atoms with Gasteiger partial charge in [0, 0.05) is 25.2 Å². The minimum absolute atomic E-state index is 0.00276. The van der Waals surface area contributed by atoms with Gasteiger partial charge in [-0.1, -0.05) is 30.3 Å². The van der Waals surface area contributed by atoms with Gasteiger partial charge in [0.05, 0.1) is 6.10 Å². The Morgan fingerprint density at radius 2 is 2.06 bits per heavy atom. The average Bonchev–Trinajstić information content (AvgIpc) is 2.82. The first kappa shape index (κ1) is 10.3. The molecule has 1 aliphatic carbocycles. The number of rotatable bonds is 2. The fourth-order valence-corrected chi connectivity index (χ4v) is 3.14. The quantitative estimate of drug-likeness (QED) is 0.763. The van der Waals surface area contributed by atoms with Crippen molar-refractivity contribution in [1.29, 1.82) is 0 Å². The largest absolute Gasteiger partial charge is 0.390 e. The molecule has 86 valence electrons. The number of benzene rings is 1. The zero-order valence-corrected chi connectivity index (χ0v) is 9.29. The van der Waals surface area contributed by atoms with Crippen molar-refractivity contribution in [2.75, 3.05) is 6.54 Å². The number of piperidine rings is 1. The Morgan fingerprint density at radius 1 is 1.31 bits per heavy atom. The Labute approximate surface area is 95.9 Å². The van der Waals surface area contributed by atoms with E-state index in [-0.39, 0.29) is 18.2 Å². The second kappa shape index (κ2) is 3.84. The fraction of sp³-hybridized carbons (Fsp3) is 0.538. The van der Waals surface area contributed by atoms with Gasteiger partial charge in [-0.3, -0.25) is 4.90 Å². The molecule has 1 aromatic carbocycles. The predicted molar refractivity (Wildman–Crippen MR) is 62.7 cm³/mol. The monoisotopic (exact) mass is 218 g/mol. The van der Waals surface area contributed by atoms with E-state index in [4.69, 9.17) is 5.73 Å². The molecule has 3 heteroatoms. The maximum absolute atomic E-state index is 9.97. The van der Waals surface area contributed by atoms with Crippen LogP contribution in [0, 0.1) is 5.92 Å². The molecule has 3 rings (SSSR count). The van der Waals surface area contributed by atoms with E-state index in [1.54, 1.807) is 0 Å². The highest BCUT2D eigenvalue weighted by Gasteiger charge is 2.49. The number of aliphatic hydroxyl groups excluding tert-OH is 1. The van der Waals surface area contributed by atoms with Gasteiger partial charge in [0.25, 0.3) is 0 Å². The lowest BCUT2D eigenvalue weighted by Gasteiger charge is -2.33. The molecule has 1 heterocycles. The van der Waals surface area contributed by atoms with Crippen LogP contribution in [-0.2, 0) is 6.54 Å². The van der Waals surface area contributed by atoms with Crippen LogP contribution in [0.15, 0.2) is 30.3 Å². The fourth-order valence-electron chi connectivity index (χ4n) is 3.14. The van der Waals surface area contributed by atoms with Gasteiger partial charge in [-0.25, -0.2) is 0 Å². The Balaban J connectivity index is 1.71. The van der Waals surface area contributed by atoms with Gasteiger partial charge in [-0.15, -0.1) is 0 Å². The standard InChI is InChI=1S/C13H18N2O/c14-12-10-6-11(13(12)16)15(8-10)7-9-4-2-1-3-5-9/h1-5,10-13,16H,6-8,14H2/t10-,11-,12-,13-/m0/s1. The first-order valence-corrected chi connectivity index (χ1v) is 5.97. The molecule has 2 fully saturated rings. The van der Waals surface area contributed by atoms with Crippen LogP contribution in [0.25, 0.3) is 0 Å². The highest BCUT2D eigenvalue weighted by molar-refractivity contribution is 5.16. The summed E-state index contributed by atoms with van der Waals surface area (Å²) >= 11 is 0. The van der Waals surface area contributed by atoms with Crippen LogP contribution < -0.4 is 5.73 Å². The molecule has 3 nitrogen and oxygen atoms in total.